The number of fused-ring (bicyclic) bond motifs is 3. The summed E-state index contributed by atoms with van der Waals surface area (Å²) in [5.41, 5.74) is 0.814. The molecule has 0 bridgehead atoms. The van der Waals surface area contributed by atoms with E-state index in [0.717, 1.165) is 34.4 Å². The Labute approximate surface area is 141 Å². The van der Waals surface area contributed by atoms with Crippen LogP contribution in [-0.4, -0.2) is 28.3 Å². The first-order valence-corrected chi connectivity index (χ1v) is 8.97. The molecule has 3 aromatic rings. The molecule has 0 aromatic carbocycles. The highest BCUT2D eigenvalue weighted by Crippen LogP contribution is 2.51. The van der Waals surface area contributed by atoms with Gasteiger partial charge in [-0.2, -0.15) is 0 Å². The third-order valence-electron chi connectivity index (χ3n) is 5.55. The number of hydrogen-bond donors (Lipinski definition) is 0. The fourth-order valence-electron chi connectivity index (χ4n) is 4.07. The molecule has 1 aliphatic heterocycles. The lowest BCUT2D eigenvalue weighted by molar-refractivity contribution is 0.0899. The summed E-state index contributed by atoms with van der Waals surface area (Å²) in [5, 5.41) is 9.53. The number of alkyl halides is 2. The van der Waals surface area contributed by atoms with Crippen LogP contribution in [0.25, 0.3) is 20.3 Å². The van der Waals surface area contributed by atoms with E-state index in [1.165, 1.54) is 30.6 Å². The molecule has 2 fully saturated rings. The molecule has 24 heavy (non-hydrogen) atoms. The Hall–Kier alpha value is -1.89. The molecule has 1 saturated carbocycles. The molecule has 5 rings (SSSR count). The van der Waals surface area contributed by atoms with Crippen molar-refractivity contribution in [1.82, 2.24) is 15.2 Å². The zero-order valence-corrected chi connectivity index (χ0v) is 14.0. The van der Waals surface area contributed by atoms with Crippen LogP contribution in [0.5, 0.6) is 0 Å². The number of rotatable bonds is 2. The van der Waals surface area contributed by atoms with Gasteiger partial charge < -0.3 is 4.90 Å². The van der Waals surface area contributed by atoms with Gasteiger partial charge in [0.2, 0.25) is 0 Å². The van der Waals surface area contributed by atoms with E-state index in [2.05, 4.69) is 20.1 Å². The van der Waals surface area contributed by atoms with E-state index in [0.29, 0.717) is 15.8 Å². The van der Waals surface area contributed by atoms with E-state index in [1.54, 1.807) is 13.1 Å². The van der Waals surface area contributed by atoms with Crippen molar-refractivity contribution < 1.29 is 8.78 Å². The third-order valence-corrected chi connectivity index (χ3v) is 6.63. The van der Waals surface area contributed by atoms with Crippen LogP contribution in [0.3, 0.4) is 0 Å². The lowest BCUT2D eigenvalue weighted by atomic mass is 9.63. The molecular formula is C17H16F2N4S. The minimum absolute atomic E-state index is 0.224. The van der Waals surface area contributed by atoms with E-state index in [4.69, 9.17) is 0 Å². The van der Waals surface area contributed by atoms with Gasteiger partial charge in [0.1, 0.15) is 16.3 Å². The summed E-state index contributed by atoms with van der Waals surface area (Å²) in [6.07, 6.45) is 3.13. The van der Waals surface area contributed by atoms with Crippen LogP contribution < -0.4 is 4.90 Å². The topological polar surface area (TPSA) is 41.9 Å². The number of halogens is 2. The molecule has 4 heterocycles. The maximum Gasteiger partial charge on any atom is 0.282 e. The van der Waals surface area contributed by atoms with Gasteiger partial charge in [-0.1, -0.05) is 6.42 Å². The number of thiophene rings is 1. The second kappa shape index (κ2) is 4.81. The van der Waals surface area contributed by atoms with Crippen LogP contribution in [0.2, 0.25) is 0 Å². The smallest absolute Gasteiger partial charge is 0.282 e. The van der Waals surface area contributed by atoms with Crippen LogP contribution >= 0.6 is 11.3 Å². The van der Waals surface area contributed by atoms with Crippen LogP contribution in [0.15, 0.2) is 12.3 Å². The molecule has 0 amide bonds. The summed E-state index contributed by atoms with van der Waals surface area (Å²) in [6.45, 7) is 3.82. The number of aryl methyl sites for hydroxylation is 1. The molecule has 0 unspecified atom stereocenters. The highest BCUT2D eigenvalue weighted by molar-refractivity contribution is 7.26. The highest BCUT2D eigenvalue weighted by atomic mass is 32.1. The Bertz CT molecular complexity index is 956. The molecular weight excluding hydrogens is 330 g/mol. The fraction of sp³-hybridized carbons (Fsp3) is 0.471. The van der Waals surface area contributed by atoms with Crippen LogP contribution in [0.4, 0.5) is 14.6 Å². The zero-order chi connectivity index (χ0) is 16.5. The van der Waals surface area contributed by atoms with Gasteiger partial charge in [-0.05, 0) is 31.4 Å². The standard InChI is InChI=1S/C17H16F2N4S/c1-9-11-10-3-6-20-15(23-7-17(8-23)4-2-5-17)13(10)24-16(11)22-21-12(9)14(18)19/h3,6,14H,2,4-5,7-8H2,1H3. The minimum atomic E-state index is -2.60. The molecule has 0 N–H and O–H groups in total. The van der Waals surface area contributed by atoms with Gasteiger partial charge in [0.25, 0.3) is 6.43 Å². The normalized spacial score (nSPS) is 19.2. The molecule has 1 spiro atoms. The monoisotopic (exact) mass is 346 g/mol. The number of pyridine rings is 1. The molecule has 1 saturated heterocycles. The molecule has 0 radical (unpaired) electrons. The predicted octanol–water partition coefficient (Wildman–Crippen LogP) is 4.48. The fourth-order valence-corrected chi connectivity index (χ4v) is 5.26. The summed E-state index contributed by atoms with van der Waals surface area (Å²) in [4.78, 5) is 7.60. The predicted molar refractivity (Wildman–Crippen MR) is 90.9 cm³/mol. The Kier molecular flexibility index (Phi) is 2.90. The van der Waals surface area contributed by atoms with Crippen LogP contribution in [-0.2, 0) is 0 Å². The van der Waals surface area contributed by atoms with Gasteiger partial charge in [-0.25, -0.2) is 13.8 Å². The van der Waals surface area contributed by atoms with Gasteiger partial charge >= 0.3 is 0 Å². The van der Waals surface area contributed by atoms with Gasteiger partial charge in [-0.3, -0.25) is 0 Å². The van der Waals surface area contributed by atoms with Crippen molar-refractivity contribution >= 4 is 37.5 Å². The maximum atomic E-state index is 13.1. The first kappa shape index (κ1) is 14.5. The van der Waals surface area contributed by atoms with Gasteiger partial charge in [-0.15, -0.1) is 21.5 Å². The van der Waals surface area contributed by atoms with E-state index in [9.17, 15) is 8.78 Å². The van der Waals surface area contributed by atoms with Crippen LogP contribution in [0.1, 0.15) is 36.9 Å². The summed E-state index contributed by atoms with van der Waals surface area (Å²) in [7, 11) is 0. The average molecular weight is 346 g/mol. The summed E-state index contributed by atoms with van der Waals surface area (Å²) >= 11 is 1.50. The van der Waals surface area contributed by atoms with E-state index >= 15 is 0 Å². The maximum absolute atomic E-state index is 13.1. The van der Waals surface area contributed by atoms with Crippen molar-refractivity contribution in [3.05, 3.63) is 23.5 Å². The number of aromatic nitrogens is 3. The number of nitrogens with zero attached hydrogens (tertiary/aromatic N) is 4. The molecule has 3 aromatic heterocycles. The summed E-state index contributed by atoms with van der Waals surface area (Å²) < 4.78 is 27.3. The largest absolute Gasteiger partial charge is 0.354 e. The Morgan fingerprint density at radius 2 is 2.04 bits per heavy atom. The van der Waals surface area contributed by atoms with Gasteiger partial charge in [0.05, 0.1) is 4.70 Å². The SMILES string of the molecule is Cc1c(C(F)F)nnc2sc3c(N4CC5(CCC5)C4)nccc3c12. The van der Waals surface area contributed by atoms with E-state index in [-0.39, 0.29) is 5.69 Å². The van der Waals surface area contributed by atoms with Crippen molar-refractivity contribution in [2.75, 3.05) is 18.0 Å². The molecule has 7 heteroatoms. The lowest BCUT2D eigenvalue weighted by Crippen LogP contribution is -2.60. The Morgan fingerprint density at radius 3 is 2.71 bits per heavy atom. The lowest BCUT2D eigenvalue weighted by Gasteiger charge is -2.56. The van der Waals surface area contributed by atoms with E-state index in [1.807, 2.05) is 6.07 Å². The Balaban J connectivity index is 1.67. The van der Waals surface area contributed by atoms with Crippen molar-refractivity contribution in [3.63, 3.8) is 0 Å². The second-order valence-electron chi connectivity index (χ2n) is 7.01. The van der Waals surface area contributed by atoms with Crippen molar-refractivity contribution in [3.8, 4) is 0 Å². The first-order valence-electron chi connectivity index (χ1n) is 8.15. The first-order chi connectivity index (χ1) is 11.6. The van der Waals surface area contributed by atoms with Crippen molar-refractivity contribution in [1.29, 1.82) is 0 Å². The van der Waals surface area contributed by atoms with Crippen molar-refractivity contribution in [2.45, 2.75) is 32.6 Å². The van der Waals surface area contributed by atoms with Crippen molar-refractivity contribution in [2.24, 2.45) is 5.41 Å². The molecule has 4 nitrogen and oxygen atoms in total. The van der Waals surface area contributed by atoms with Gasteiger partial charge in [0.15, 0.2) is 0 Å². The van der Waals surface area contributed by atoms with E-state index < -0.39 is 6.43 Å². The molecule has 0 atom stereocenters. The molecule has 1 aliphatic carbocycles. The summed E-state index contributed by atoms with van der Waals surface area (Å²) in [5.74, 6) is 0.964. The third kappa shape index (κ3) is 1.84. The van der Waals surface area contributed by atoms with Gasteiger partial charge in [0, 0.05) is 35.5 Å². The highest BCUT2D eigenvalue weighted by Gasteiger charge is 2.48. The number of anilines is 1. The summed E-state index contributed by atoms with van der Waals surface area (Å²) in [6, 6.07) is 1.90. The number of hydrogen-bond acceptors (Lipinski definition) is 5. The molecule has 124 valence electrons. The zero-order valence-electron chi connectivity index (χ0n) is 13.2. The second-order valence-corrected chi connectivity index (χ2v) is 8.01. The quantitative estimate of drug-likeness (QED) is 0.686. The minimum Gasteiger partial charge on any atom is -0.354 e. The van der Waals surface area contributed by atoms with Crippen LogP contribution in [0, 0.1) is 12.3 Å². The average Bonchev–Trinajstić information content (AvgIpc) is 2.84. The molecule has 2 aliphatic rings. The Morgan fingerprint density at radius 1 is 1.25 bits per heavy atom.